The van der Waals surface area contributed by atoms with Gasteiger partial charge < -0.3 is 24.4 Å². The van der Waals surface area contributed by atoms with Crippen LogP contribution >= 0.6 is 0 Å². The summed E-state index contributed by atoms with van der Waals surface area (Å²) in [5.41, 5.74) is 1.18. The Kier molecular flexibility index (Phi) is 7.84. The molecule has 1 aromatic carbocycles. The highest BCUT2D eigenvalue weighted by molar-refractivity contribution is 5.13. The van der Waals surface area contributed by atoms with Crippen LogP contribution in [-0.2, 0) is 20.8 Å². The molecule has 4 atom stereocenters. The Morgan fingerprint density at radius 1 is 1.24 bits per heavy atom. The molecule has 0 unspecified atom stereocenters. The summed E-state index contributed by atoms with van der Waals surface area (Å²) in [6.45, 7) is 7.35. The minimum absolute atomic E-state index is 0.306. The maximum atomic E-state index is 10.3. The van der Waals surface area contributed by atoms with Crippen molar-refractivity contribution in [3.63, 3.8) is 0 Å². The average Bonchev–Trinajstić information content (AvgIpc) is 2.94. The Morgan fingerprint density at radius 3 is 2.60 bits per heavy atom. The number of hydrogen-bond acceptors (Lipinski definition) is 5. The van der Waals surface area contributed by atoms with Crippen LogP contribution in [0.3, 0.4) is 0 Å². The Morgan fingerprint density at radius 2 is 1.96 bits per heavy atom. The second kappa shape index (κ2) is 9.64. The molecular weight excluding hydrogens is 320 g/mol. The highest BCUT2D eigenvalue weighted by Gasteiger charge is 2.39. The van der Waals surface area contributed by atoms with Gasteiger partial charge in [-0.25, -0.2) is 0 Å². The van der Waals surface area contributed by atoms with Crippen LogP contribution in [0.1, 0.15) is 45.6 Å². The third-order valence-electron chi connectivity index (χ3n) is 4.55. The third kappa shape index (κ3) is 7.04. The highest BCUT2D eigenvalue weighted by Crippen LogP contribution is 2.27. The van der Waals surface area contributed by atoms with Crippen molar-refractivity contribution in [2.24, 2.45) is 5.92 Å². The van der Waals surface area contributed by atoms with Crippen LogP contribution in [0, 0.1) is 5.92 Å². The van der Waals surface area contributed by atoms with Gasteiger partial charge in [0.25, 0.3) is 0 Å². The molecule has 25 heavy (non-hydrogen) atoms. The zero-order chi connectivity index (χ0) is 18.3. The fourth-order valence-electron chi connectivity index (χ4n) is 3.10. The Balaban J connectivity index is 1.58. The first-order valence-electron chi connectivity index (χ1n) is 9.17. The molecule has 0 spiro atoms. The lowest BCUT2D eigenvalue weighted by molar-refractivity contribution is -0.161. The van der Waals surface area contributed by atoms with E-state index >= 15 is 0 Å². The molecule has 0 aromatic heterocycles. The maximum Gasteiger partial charge on any atom is 0.163 e. The van der Waals surface area contributed by atoms with E-state index in [-0.39, 0.29) is 0 Å². The van der Waals surface area contributed by atoms with Crippen molar-refractivity contribution < 1.29 is 24.4 Å². The number of aliphatic hydroxyl groups is 2. The molecule has 0 bridgehead atoms. The molecule has 5 heteroatoms. The van der Waals surface area contributed by atoms with Gasteiger partial charge in [-0.15, -0.1) is 0 Å². The normalized spacial score (nSPS) is 23.3. The smallest absolute Gasteiger partial charge is 0.163 e. The van der Waals surface area contributed by atoms with E-state index in [1.807, 2.05) is 32.0 Å². The van der Waals surface area contributed by atoms with Crippen molar-refractivity contribution in [3.05, 3.63) is 35.9 Å². The van der Waals surface area contributed by atoms with Gasteiger partial charge in [0.2, 0.25) is 0 Å². The maximum absolute atomic E-state index is 10.3. The van der Waals surface area contributed by atoms with Crippen molar-refractivity contribution >= 4 is 0 Å². The predicted octanol–water partition coefficient (Wildman–Crippen LogP) is 2.88. The molecule has 2 N–H and O–H groups in total. The van der Waals surface area contributed by atoms with Gasteiger partial charge in [-0.2, -0.15) is 0 Å². The van der Waals surface area contributed by atoms with Crippen LogP contribution in [-0.4, -0.2) is 47.5 Å². The number of rotatable bonds is 10. The van der Waals surface area contributed by atoms with E-state index in [9.17, 15) is 10.2 Å². The topological polar surface area (TPSA) is 68.2 Å². The summed E-state index contributed by atoms with van der Waals surface area (Å²) in [5.74, 6) is -0.382. The van der Waals surface area contributed by atoms with Crippen LogP contribution in [0.15, 0.2) is 30.3 Å². The zero-order valence-electron chi connectivity index (χ0n) is 15.6. The van der Waals surface area contributed by atoms with E-state index in [0.717, 1.165) is 12.8 Å². The van der Waals surface area contributed by atoms with Crippen LogP contribution in [0.5, 0.6) is 0 Å². The van der Waals surface area contributed by atoms with Gasteiger partial charge in [-0.05, 0) is 44.6 Å². The van der Waals surface area contributed by atoms with Crippen LogP contribution < -0.4 is 0 Å². The lowest BCUT2D eigenvalue weighted by Gasteiger charge is -2.25. The molecule has 1 aliphatic heterocycles. The third-order valence-corrected chi connectivity index (χ3v) is 4.55. The first kappa shape index (κ1) is 20.3. The molecule has 2 rings (SSSR count). The van der Waals surface area contributed by atoms with Gasteiger partial charge in [0, 0.05) is 6.61 Å². The van der Waals surface area contributed by atoms with Crippen molar-refractivity contribution in [2.75, 3.05) is 13.2 Å². The van der Waals surface area contributed by atoms with Crippen LogP contribution in [0.4, 0.5) is 0 Å². The van der Waals surface area contributed by atoms with E-state index in [2.05, 4.69) is 19.1 Å². The summed E-state index contributed by atoms with van der Waals surface area (Å²) in [6.07, 6.45) is 0.242. The monoisotopic (exact) mass is 352 g/mol. The predicted molar refractivity (Wildman–Crippen MR) is 96.0 cm³/mol. The molecular formula is C20H32O5. The molecule has 0 aliphatic carbocycles. The molecule has 0 saturated carbocycles. The minimum Gasteiger partial charge on any atom is -0.390 e. The summed E-state index contributed by atoms with van der Waals surface area (Å²) >= 11 is 0. The molecule has 5 nitrogen and oxygen atoms in total. The molecule has 1 saturated heterocycles. The van der Waals surface area contributed by atoms with Gasteiger partial charge in [-0.1, -0.05) is 37.3 Å². The van der Waals surface area contributed by atoms with E-state index in [0.29, 0.717) is 32.2 Å². The summed E-state index contributed by atoms with van der Waals surface area (Å²) in [7, 11) is 0. The quantitative estimate of drug-likeness (QED) is 0.634. The van der Waals surface area contributed by atoms with Crippen LogP contribution in [0.25, 0.3) is 0 Å². The number of aliphatic hydroxyl groups excluding tert-OH is 2. The van der Waals surface area contributed by atoms with E-state index in [1.54, 1.807) is 0 Å². The largest absolute Gasteiger partial charge is 0.390 e. The standard InChI is InChI=1S/C20H32O5/c1-15(8-7-11-23-13-16-9-5-4-6-10-16)12-17(21)19(22)18-14-24-20(2,3)25-18/h4-6,9-10,15,17-19,21-22H,7-8,11-14H2,1-3H3/t15-,17-,18-,19+/m0/s1. The fraction of sp³-hybridized carbons (Fsp3) is 0.700. The van der Waals surface area contributed by atoms with Crippen molar-refractivity contribution in [3.8, 4) is 0 Å². The first-order valence-corrected chi connectivity index (χ1v) is 9.17. The summed E-state index contributed by atoms with van der Waals surface area (Å²) < 4.78 is 16.7. The Hall–Kier alpha value is -0.980. The van der Waals surface area contributed by atoms with Crippen molar-refractivity contribution in [1.82, 2.24) is 0 Å². The van der Waals surface area contributed by atoms with Gasteiger partial charge in [-0.3, -0.25) is 0 Å². The lowest BCUT2D eigenvalue weighted by Crippen LogP contribution is -2.40. The highest BCUT2D eigenvalue weighted by atomic mass is 16.7. The number of hydrogen-bond donors (Lipinski definition) is 2. The van der Waals surface area contributed by atoms with Gasteiger partial charge in [0.05, 0.1) is 19.3 Å². The van der Waals surface area contributed by atoms with E-state index in [1.165, 1.54) is 5.56 Å². The van der Waals surface area contributed by atoms with Gasteiger partial charge >= 0.3 is 0 Å². The average molecular weight is 352 g/mol. The van der Waals surface area contributed by atoms with E-state index in [4.69, 9.17) is 14.2 Å². The SMILES string of the molecule is C[C@@H](CCCOCc1ccccc1)C[C@H](O)[C@@H](O)[C@@H]1COC(C)(C)O1. The second-order valence-electron chi connectivity index (χ2n) is 7.45. The van der Waals surface area contributed by atoms with Crippen LogP contribution in [0.2, 0.25) is 0 Å². The number of ether oxygens (including phenoxy) is 3. The lowest BCUT2D eigenvalue weighted by atomic mass is 9.94. The first-order chi connectivity index (χ1) is 11.9. The summed E-state index contributed by atoms with van der Waals surface area (Å²) in [6, 6.07) is 10.1. The van der Waals surface area contributed by atoms with Crippen molar-refractivity contribution in [2.45, 2.75) is 70.7 Å². The zero-order valence-corrected chi connectivity index (χ0v) is 15.6. The van der Waals surface area contributed by atoms with E-state index < -0.39 is 24.1 Å². The molecule has 1 heterocycles. The molecule has 1 aromatic rings. The molecule has 0 amide bonds. The Labute approximate surface area is 150 Å². The molecule has 142 valence electrons. The molecule has 1 fully saturated rings. The second-order valence-corrected chi connectivity index (χ2v) is 7.45. The van der Waals surface area contributed by atoms with Gasteiger partial charge in [0.15, 0.2) is 5.79 Å². The minimum atomic E-state index is -0.918. The Bertz CT molecular complexity index is 490. The summed E-state index contributed by atoms with van der Waals surface area (Å²) in [5, 5.41) is 20.5. The summed E-state index contributed by atoms with van der Waals surface area (Å²) in [4.78, 5) is 0. The van der Waals surface area contributed by atoms with Gasteiger partial charge in [0.1, 0.15) is 12.2 Å². The number of benzene rings is 1. The fourth-order valence-corrected chi connectivity index (χ4v) is 3.10. The molecule has 1 aliphatic rings. The molecule has 0 radical (unpaired) electrons. The van der Waals surface area contributed by atoms with Crippen molar-refractivity contribution in [1.29, 1.82) is 0 Å².